The summed E-state index contributed by atoms with van der Waals surface area (Å²) in [5.74, 6) is -1.30. The molecular formula is C16H17FN2O4. The second-order valence-corrected chi connectivity index (χ2v) is 4.96. The predicted octanol–water partition coefficient (Wildman–Crippen LogP) is 2.39. The molecule has 0 saturated heterocycles. The summed E-state index contributed by atoms with van der Waals surface area (Å²) < 4.78 is 19.1. The van der Waals surface area contributed by atoms with Crippen LogP contribution in [0.5, 0.6) is 0 Å². The number of carboxylic acid groups (broad SMARTS) is 1. The lowest BCUT2D eigenvalue weighted by atomic mass is 10.2. The minimum Gasteiger partial charge on any atom is -0.480 e. The van der Waals surface area contributed by atoms with E-state index in [0.29, 0.717) is 17.9 Å². The summed E-state index contributed by atoms with van der Waals surface area (Å²) in [5.41, 5.74) is 0.299. The Morgan fingerprint density at radius 2 is 2.13 bits per heavy atom. The summed E-state index contributed by atoms with van der Waals surface area (Å²) in [4.78, 5) is 26.6. The topological polar surface area (TPSA) is 92.4 Å². The average molecular weight is 320 g/mol. The molecule has 1 atom stereocenters. The van der Waals surface area contributed by atoms with Crippen LogP contribution in [0.25, 0.3) is 11.3 Å². The fourth-order valence-electron chi connectivity index (χ4n) is 2.04. The van der Waals surface area contributed by atoms with Gasteiger partial charge in [-0.05, 0) is 18.6 Å². The average Bonchev–Trinajstić information content (AvgIpc) is 2.99. The Hall–Kier alpha value is -2.70. The number of benzene rings is 1. The van der Waals surface area contributed by atoms with E-state index >= 15 is 0 Å². The largest absolute Gasteiger partial charge is 0.480 e. The van der Waals surface area contributed by atoms with Gasteiger partial charge in [0.15, 0.2) is 11.7 Å². The zero-order valence-corrected chi connectivity index (χ0v) is 12.6. The molecule has 0 aliphatic carbocycles. The number of aromatic nitrogens is 1. The van der Waals surface area contributed by atoms with Crippen LogP contribution in [0.1, 0.15) is 25.7 Å². The first-order valence-electron chi connectivity index (χ1n) is 7.23. The smallest absolute Gasteiger partial charge is 0.326 e. The van der Waals surface area contributed by atoms with Gasteiger partial charge in [-0.25, -0.2) is 14.2 Å². The molecule has 0 radical (unpaired) electrons. The number of aryl methyl sites for hydroxylation is 1. The van der Waals surface area contributed by atoms with Crippen molar-refractivity contribution in [1.29, 1.82) is 0 Å². The van der Waals surface area contributed by atoms with Crippen LogP contribution in [0.15, 0.2) is 34.9 Å². The van der Waals surface area contributed by atoms with Crippen molar-refractivity contribution < 1.29 is 23.5 Å². The van der Waals surface area contributed by atoms with Crippen molar-refractivity contribution in [2.24, 2.45) is 0 Å². The molecule has 23 heavy (non-hydrogen) atoms. The first-order valence-corrected chi connectivity index (χ1v) is 7.23. The molecule has 7 heteroatoms. The molecule has 1 unspecified atom stereocenters. The Bertz CT molecular complexity index is 699. The number of rotatable bonds is 7. The van der Waals surface area contributed by atoms with Crippen LogP contribution in [0, 0.1) is 5.82 Å². The van der Waals surface area contributed by atoms with E-state index in [0.717, 1.165) is 0 Å². The molecule has 1 amide bonds. The highest BCUT2D eigenvalue weighted by molar-refractivity contribution is 5.83. The lowest BCUT2D eigenvalue weighted by Crippen LogP contribution is -2.40. The summed E-state index contributed by atoms with van der Waals surface area (Å²) in [6, 6.07) is 5.26. The second-order valence-electron chi connectivity index (χ2n) is 4.96. The molecule has 2 aromatic rings. The third-order valence-corrected chi connectivity index (χ3v) is 3.30. The van der Waals surface area contributed by atoms with E-state index in [2.05, 4.69) is 10.3 Å². The first kappa shape index (κ1) is 16.7. The van der Waals surface area contributed by atoms with E-state index in [-0.39, 0.29) is 18.6 Å². The molecule has 0 bridgehead atoms. The number of hydrogen-bond donors (Lipinski definition) is 2. The minimum absolute atomic E-state index is 0.0427. The Labute approximate surface area is 132 Å². The van der Waals surface area contributed by atoms with E-state index in [1.165, 1.54) is 12.3 Å². The maximum atomic E-state index is 13.6. The third kappa shape index (κ3) is 4.38. The van der Waals surface area contributed by atoms with Crippen molar-refractivity contribution in [3.63, 3.8) is 0 Å². The molecule has 0 aliphatic heterocycles. The molecule has 122 valence electrons. The van der Waals surface area contributed by atoms with E-state index in [4.69, 9.17) is 9.52 Å². The van der Waals surface area contributed by atoms with Gasteiger partial charge in [-0.3, -0.25) is 4.79 Å². The Morgan fingerprint density at radius 3 is 2.78 bits per heavy atom. The van der Waals surface area contributed by atoms with Crippen LogP contribution in [-0.4, -0.2) is 28.0 Å². The van der Waals surface area contributed by atoms with Crippen molar-refractivity contribution in [3.05, 3.63) is 42.2 Å². The lowest BCUT2D eigenvalue weighted by Gasteiger charge is -2.11. The summed E-state index contributed by atoms with van der Waals surface area (Å²) in [5, 5.41) is 11.3. The van der Waals surface area contributed by atoms with E-state index in [9.17, 15) is 14.0 Å². The van der Waals surface area contributed by atoms with Crippen LogP contribution < -0.4 is 5.32 Å². The molecule has 1 aromatic heterocycles. The molecule has 0 fully saturated rings. The van der Waals surface area contributed by atoms with Crippen molar-refractivity contribution in [3.8, 4) is 11.3 Å². The van der Waals surface area contributed by atoms with Gasteiger partial charge in [-0.2, -0.15) is 0 Å². The summed E-state index contributed by atoms with van der Waals surface area (Å²) >= 11 is 0. The fourth-order valence-corrected chi connectivity index (χ4v) is 2.04. The van der Waals surface area contributed by atoms with Gasteiger partial charge in [0.1, 0.15) is 11.9 Å². The van der Waals surface area contributed by atoms with Gasteiger partial charge < -0.3 is 14.8 Å². The predicted molar refractivity (Wildman–Crippen MR) is 80.1 cm³/mol. The van der Waals surface area contributed by atoms with Gasteiger partial charge in [0.05, 0.1) is 11.8 Å². The van der Waals surface area contributed by atoms with Crippen molar-refractivity contribution in [2.75, 3.05) is 0 Å². The number of carboxylic acids is 1. The molecule has 0 aliphatic rings. The maximum absolute atomic E-state index is 13.6. The van der Waals surface area contributed by atoms with Crippen molar-refractivity contribution >= 4 is 11.9 Å². The number of hydrogen-bond acceptors (Lipinski definition) is 4. The second kappa shape index (κ2) is 7.53. The van der Waals surface area contributed by atoms with E-state index in [1.807, 2.05) is 0 Å². The minimum atomic E-state index is -1.07. The molecule has 1 heterocycles. The molecule has 2 N–H and O–H groups in total. The standard InChI is InChI=1S/C16H17FN2O4/c1-2-12(16(21)22)19-14(20)7-8-15-18-9-13(23-15)10-5-3-4-6-11(10)17/h3-6,9,12H,2,7-8H2,1H3,(H,19,20)(H,21,22). The van der Waals surface area contributed by atoms with Gasteiger partial charge in [0.25, 0.3) is 0 Å². The number of nitrogens with one attached hydrogen (secondary N) is 1. The molecule has 6 nitrogen and oxygen atoms in total. The number of aliphatic carboxylic acids is 1. The molecule has 0 spiro atoms. The zero-order chi connectivity index (χ0) is 16.8. The Morgan fingerprint density at radius 1 is 1.39 bits per heavy atom. The Kier molecular flexibility index (Phi) is 5.46. The summed E-state index contributed by atoms with van der Waals surface area (Å²) in [6.45, 7) is 1.67. The quantitative estimate of drug-likeness (QED) is 0.817. The molecule has 1 aromatic carbocycles. The highest BCUT2D eigenvalue weighted by Gasteiger charge is 2.18. The molecule has 2 rings (SSSR count). The number of carbonyl (C=O) groups is 2. The number of amides is 1. The summed E-state index contributed by atoms with van der Waals surface area (Å²) in [7, 11) is 0. The number of halogens is 1. The van der Waals surface area contributed by atoms with Crippen molar-refractivity contribution in [2.45, 2.75) is 32.2 Å². The van der Waals surface area contributed by atoms with Gasteiger partial charge in [-0.1, -0.05) is 19.1 Å². The third-order valence-electron chi connectivity index (χ3n) is 3.30. The normalized spacial score (nSPS) is 11.9. The first-order chi connectivity index (χ1) is 11.0. The van der Waals surface area contributed by atoms with E-state index in [1.54, 1.807) is 25.1 Å². The summed E-state index contributed by atoms with van der Waals surface area (Å²) in [6.07, 6.45) is 1.95. The Balaban J connectivity index is 1.94. The van der Waals surface area contributed by atoms with Gasteiger partial charge >= 0.3 is 5.97 Å². The van der Waals surface area contributed by atoms with E-state index < -0.39 is 23.7 Å². The zero-order valence-electron chi connectivity index (χ0n) is 12.6. The molecular weight excluding hydrogens is 303 g/mol. The fraction of sp³-hybridized carbons (Fsp3) is 0.312. The van der Waals surface area contributed by atoms with Crippen LogP contribution in [0.4, 0.5) is 4.39 Å². The van der Waals surface area contributed by atoms with Gasteiger partial charge in [0.2, 0.25) is 5.91 Å². The number of carbonyl (C=O) groups excluding carboxylic acids is 1. The number of oxazole rings is 1. The van der Waals surface area contributed by atoms with Crippen LogP contribution in [-0.2, 0) is 16.0 Å². The van der Waals surface area contributed by atoms with Gasteiger partial charge in [0, 0.05) is 12.8 Å². The number of nitrogens with zero attached hydrogens (tertiary/aromatic N) is 1. The maximum Gasteiger partial charge on any atom is 0.326 e. The SMILES string of the molecule is CCC(NC(=O)CCc1ncc(-c2ccccc2F)o1)C(=O)O. The highest BCUT2D eigenvalue weighted by atomic mass is 19.1. The highest BCUT2D eigenvalue weighted by Crippen LogP contribution is 2.23. The van der Waals surface area contributed by atoms with Crippen LogP contribution in [0.3, 0.4) is 0 Å². The van der Waals surface area contributed by atoms with Crippen molar-refractivity contribution in [1.82, 2.24) is 10.3 Å². The monoisotopic (exact) mass is 320 g/mol. The van der Waals surface area contributed by atoms with Crippen LogP contribution in [0.2, 0.25) is 0 Å². The van der Waals surface area contributed by atoms with Crippen LogP contribution >= 0.6 is 0 Å². The molecule has 0 saturated carbocycles. The lowest BCUT2D eigenvalue weighted by molar-refractivity contribution is -0.141. The van der Waals surface area contributed by atoms with Gasteiger partial charge in [-0.15, -0.1) is 0 Å².